The number of aliphatic hydroxyl groups is 1. The molecule has 1 heterocycles. The number of likely N-dealkylation sites (tertiary alicyclic amines) is 1. The van der Waals surface area contributed by atoms with Gasteiger partial charge in [0, 0.05) is 19.5 Å². The summed E-state index contributed by atoms with van der Waals surface area (Å²) in [7, 11) is 0. The van der Waals surface area contributed by atoms with Crippen molar-refractivity contribution in [3.8, 4) is 0 Å². The second-order valence-electron chi connectivity index (χ2n) is 2.97. The van der Waals surface area contributed by atoms with Gasteiger partial charge < -0.3 is 9.90 Å². The van der Waals surface area contributed by atoms with Crippen LogP contribution in [0.1, 0.15) is 25.7 Å². The molecule has 0 aliphatic carbocycles. The minimum atomic E-state index is -0.386. The second-order valence-corrected chi connectivity index (χ2v) is 2.97. The zero-order valence-electron chi connectivity index (χ0n) is 6.70. The van der Waals surface area contributed by atoms with Crippen LogP contribution in [0.25, 0.3) is 0 Å². The van der Waals surface area contributed by atoms with Crippen molar-refractivity contribution in [2.75, 3.05) is 13.1 Å². The van der Waals surface area contributed by atoms with Crippen LogP contribution in [0.15, 0.2) is 0 Å². The standard InChI is InChI=1S/C8H15NO2/c10-7-3-4-8(11)9-5-1-2-6-9/h7-8,11H,1-6H2/t8-/m0/s1. The molecule has 64 valence electrons. The number of nitrogens with zero attached hydrogens (tertiary/aromatic N) is 1. The smallest absolute Gasteiger partial charge is 0.120 e. The molecule has 1 aliphatic rings. The first-order valence-electron chi connectivity index (χ1n) is 4.20. The van der Waals surface area contributed by atoms with E-state index in [1.165, 1.54) is 12.8 Å². The van der Waals surface area contributed by atoms with E-state index < -0.39 is 0 Å². The van der Waals surface area contributed by atoms with Gasteiger partial charge in [0.05, 0.1) is 0 Å². The fourth-order valence-electron chi connectivity index (χ4n) is 1.44. The molecule has 0 unspecified atom stereocenters. The Morgan fingerprint density at radius 2 is 2.09 bits per heavy atom. The first kappa shape index (κ1) is 8.68. The SMILES string of the molecule is O=CCC[C@H](O)N1CCCC1. The molecule has 0 bridgehead atoms. The summed E-state index contributed by atoms with van der Waals surface area (Å²) in [5.74, 6) is 0. The average molecular weight is 157 g/mol. The van der Waals surface area contributed by atoms with Crippen LogP contribution in [-0.2, 0) is 4.79 Å². The lowest BCUT2D eigenvalue weighted by atomic mass is 10.3. The van der Waals surface area contributed by atoms with Gasteiger partial charge in [-0.3, -0.25) is 4.90 Å². The van der Waals surface area contributed by atoms with Crippen molar-refractivity contribution in [3.05, 3.63) is 0 Å². The highest BCUT2D eigenvalue weighted by molar-refractivity contribution is 5.49. The Morgan fingerprint density at radius 3 is 2.64 bits per heavy atom. The third kappa shape index (κ3) is 2.60. The molecule has 11 heavy (non-hydrogen) atoms. The zero-order chi connectivity index (χ0) is 8.10. The predicted molar refractivity (Wildman–Crippen MR) is 42.1 cm³/mol. The van der Waals surface area contributed by atoms with Gasteiger partial charge in [-0.05, 0) is 19.3 Å². The monoisotopic (exact) mass is 157 g/mol. The fourth-order valence-corrected chi connectivity index (χ4v) is 1.44. The van der Waals surface area contributed by atoms with Crippen LogP contribution < -0.4 is 0 Å². The van der Waals surface area contributed by atoms with Gasteiger partial charge in [-0.15, -0.1) is 0 Å². The van der Waals surface area contributed by atoms with Crippen LogP contribution in [0.3, 0.4) is 0 Å². The molecule has 0 saturated carbocycles. The van der Waals surface area contributed by atoms with Gasteiger partial charge in [0.15, 0.2) is 0 Å². The summed E-state index contributed by atoms with van der Waals surface area (Å²) >= 11 is 0. The normalized spacial score (nSPS) is 21.9. The quantitative estimate of drug-likeness (QED) is 0.600. The minimum absolute atomic E-state index is 0.386. The van der Waals surface area contributed by atoms with Crippen molar-refractivity contribution < 1.29 is 9.90 Å². The summed E-state index contributed by atoms with van der Waals surface area (Å²) in [6.45, 7) is 1.97. The van der Waals surface area contributed by atoms with Crippen molar-refractivity contribution in [2.24, 2.45) is 0 Å². The van der Waals surface area contributed by atoms with E-state index in [0.29, 0.717) is 12.8 Å². The predicted octanol–water partition coefficient (Wildman–Crippen LogP) is 0.380. The largest absolute Gasteiger partial charge is 0.378 e. The van der Waals surface area contributed by atoms with E-state index >= 15 is 0 Å². The third-order valence-electron chi connectivity index (χ3n) is 2.10. The van der Waals surface area contributed by atoms with Gasteiger partial charge in [-0.1, -0.05) is 0 Å². The molecule has 0 spiro atoms. The number of rotatable bonds is 4. The highest BCUT2D eigenvalue weighted by Crippen LogP contribution is 2.12. The second kappa shape index (κ2) is 4.46. The number of carbonyl (C=O) groups is 1. The summed E-state index contributed by atoms with van der Waals surface area (Å²) in [4.78, 5) is 12.0. The lowest BCUT2D eigenvalue weighted by Crippen LogP contribution is -2.32. The van der Waals surface area contributed by atoms with Gasteiger partial charge in [0.25, 0.3) is 0 Å². The van der Waals surface area contributed by atoms with Gasteiger partial charge in [-0.25, -0.2) is 0 Å². The maximum Gasteiger partial charge on any atom is 0.120 e. The molecule has 1 saturated heterocycles. The Hall–Kier alpha value is -0.410. The molecular weight excluding hydrogens is 142 g/mol. The molecule has 1 fully saturated rings. The van der Waals surface area contributed by atoms with Crippen molar-refractivity contribution in [3.63, 3.8) is 0 Å². The molecule has 3 heteroatoms. The number of aldehydes is 1. The van der Waals surface area contributed by atoms with E-state index in [4.69, 9.17) is 0 Å². The summed E-state index contributed by atoms with van der Waals surface area (Å²) in [6.07, 6.45) is 3.89. The summed E-state index contributed by atoms with van der Waals surface area (Å²) < 4.78 is 0. The molecule has 0 radical (unpaired) electrons. The fraction of sp³-hybridized carbons (Fsp3) is 0.875. The van der Waals surface area contributed by atoms with E-state index in [1.54, 1.807) is 0 Å². The Balaban J connectivity index is 2.16. The van der Waals surface area contributed by atoms with Gasteiger partial charge in [0.2, 0.25) is 0 Å². The maximum absolute atomic E-state index is 9.99. The van der Waals surface area contributed by atoms with Crippen molar-refractivity contribution in [1.82, 2.24) is 4.90 Å². The summed E-state index contributed by atoms with van der Waals surface area (Å²) in [6, 6.07) is 0. The van der Waals surface area contributed by atoms with E-state index in [2.05, 4.69) is 0 Å². The maximum atomic E-state index is 9.99. The number of hydrogen-bond donors (Lipinski definition) is 1. The van der Waals surface area contributed by atoms with E-state index in [0.717, 1.165) is 19.4 Å². The summed E-state index contributed by atoms with van der Waals surface area (Å²) in [5.41, 5.74) is 0. The van der Waals surface area contributed by atoms with Crippen molar-refractivity contribution in [2.45, 2.75) is 31.9 Å². The van der Waals surface area contributed by atoms with Crippen LogP contribution in [0.5, 0.6) is 0 Å². The van der Waals surface area contributed by atoms with Crippen LogP contribution in [0.2, 0.25) is 0 Å². The number of carbonyl (C=O) groups excluding carboxylic acids is 1. The van der Waals surface area contributed by atoms with Gasteiger partial charge in [0.1, 0.15) is 12.5 Å². The first-order valence-corrected chi connectivity index (χ1v) is 4.20. The van der Waals surface area contributed by atoms with Gasteiger partial charge in [-0.2, -0.15) is 0 Å². The molecule has 1 atom stereocenters. The topological polar surface area (TPSA) is 40.5 Å². The number of hydrogen-bond acceptors (Lipinski definition) is 3. The molecule has 1 N–H and O–H groups in total. The Labute approximate surface area is 67.0 Å². The minimum Gasteiger partial charge on any atom is -0.378 e. The number of aliphatic hydroxyl groups excluding tert-OH is 1. The van der Waals surface area contributed by atoms with Crippen LogP contribution >= 0.6 is 0 Å². The van der Waals surface area contributed by atoms with E-state index in [-0.39, 0.29) is 6.23 Å². The lowest BCUT2D eigenvalue weighted by molar-refractivity contribution is -0.109. The molecule has 1 aliphatic heterocycles. The molecule has 0 aromatic carbocycles. The first-order chi connectivity index (χ1) is 5.34. The Kier molecular flexibility index (Phi) is 3.52. The highest BCUT2D eigenvalue weighted by atomic mass is 16.3. The van der Waals surface area contributed by atoms with Crippen molar-refractivity contribution in [1.29, 1.82) is 0 Å². The van der Waals surface area contributed by atoms with Crippen LogP contribution in [0, 0.1) is 0 Å². The Morgan fingerprint density at radius 1 is 1.45 bits per heavy atom. The molecule has 3 nitrogen and oxygen atoms in total. The molecule has 0 aromatic rings. The van der Waals surface area contributed by atoms with Gasteiger partial charge >= 0.3 is 0 Å². The zero-order valence-corrected chi connectivity index (χ0v) is 6.70. The third-order valence-corrected chi connectivity index (χ3v) is 2.10. The molecule has 1 rings (SSSR count). The lowest BCUT2D eigenvalue weighted by Gasteiger charge is -2.21. The van der Waals surface area contributed by atoms with E-state index in [1.807, 2.05) is 4.90 Å². The average Bonchev–Trinajstić information content (AvgIpc) is 2.52. The molecule has 0 amide bonds. The van der Waals surface area contributed by atoms with Crippen LogP contribution in [-0.4, -0.2) is 35.6 Å². The highest BCUT2D eigenvalue weighted by Gasteiger charge is 2.18. The molecular formula is C8H15NO2. The summed E-state index contributed by atoms with van der Waals surface area (Å²) in [5, 5.41) is 9.45. The Bertz CT molecular complexity index is 121. The van der Waals surface area contributed by atoms with Crippen molar-refractivity contribution >= 4 is 6.29 Å². The molecule has 0 aromatic heterocycles. The van der Waals surface area contributed by atoms with E-state index in [9.17, 15) is 9.90 Å². The van der Waals surface area contributed by atoms with Crippen LogP contribution in [0.4, 0.5) is 0 Å².